The fourth-order valence-electron chi connectivity index (χ4n) is 0.884. The predicted octanol–water partition coefficient (Wildman–Crippen LogP) is 3.02. The van der Waals surface area contributed by atoms with Gasteiger partial charge in [0.05, 0.1) is 12.0 Å². The Bertz CT molecular complexity index is 300. The molecule has 0 fully saturated rings. The molecule has 0 aliphatic heterocycles. The Kier molecular flexibility index (Phi) is 3.78. The van der Waals surface area contributed by atoms with Crippen LogP contribution in [0.15, 0.2) is 28.7 Å². The Morgan fingerprint density at radius 3 is 2.62 bits per heavy atom. The number of benzene rings is 1. The van der Waals surface area contributed by atoms with Gasteiger partial charge in [0.15, 0.2) is 0 Å². The molecule has 13 heavy (non-hydrogen) atoms. The van der Waals surface area contributed by atoms with E-state index in [1.54, 1.807) is 0 Å². The lowest BCUT2D eigenvalue weighted by atomic mass is 10.2. The number of nitriles is 1. The minimum atomic E-state index is 0.0450. The van der Waals surface area contributed by atoms with Crippen LogP contribution in [0.2, 0.25) is 0 Å². The van der Waals surface area contributed by atoms with E-state index >= 15 is 0 Å². The monoisotopic (exact) mass is 238 g/mol. The van der Waals surface area contributed by atoms with Gasteiger partial charge in [-0.15, -0.1) is 0 Å². The van der Waals surface area contributed by atoms with E-state index in [9.17, 15) is 0 Å². The van der Waals surface area contributed by atoms with Gasteiger partial charge in [-0.2, -0.15) is 5.26 Å². The Labute approximate surface area is 86.7 Å². The van der Waals surface area contributed by atoms with Crippen LogP contribution in [0.5, 0.6) is 0 Å². The lowest BCUT2D eigenvalue weighted by Gasteiger charge is -2.06. The van der Waals surface area contributed by atoms with Crippen LogP contribution < -0.4 is 5.32 Å². The first-order chi connectivity index (χ1) is 6.22. The van der Waals surface area contributed by atoms with E-state index in [4.69, 9.17) is 5.26 Å². The molecule has 0 saturated heterocycles. The van der Waals surface area contributed by atoms with Gasteiger partial charge < -0.3 is 5.32 Å². The highest BCUT2D eigenvalue weighted by atomic mass is 79.9. The van der Waals surface area contributed by atoms with Crippen molar-refractivity contribution in [3.63, 3.8) is 0 Å². The van der Waals surface area contributed by atoms with Crippen LogP contribution in [0.3, 0.4) is 0 Å². The lowest BCUT2D eigenvalue weighted by molar-refractivity contribution is 0.786. The zero-order valence-electron chi connectivity index (χ0n) is 7.42. The minimum absolute atomic E-state index is 0.0450. The number of halogens is 1. The molecule has 0 aliphatic rings. The second-order valence-electron chi connectivity index (χ2n) is 2.92. The van der Waals surface area contributed by atoms with Crippen LogP contribution in [-0.2, 0) is 0 Å². The van der Waals surface area contributed by atoms with E-state index in [-0.39, 0.29) is 5.92 Å². The SMILES string of the molecule is CC(C#N)CNc1ccc(Br)cc1. The Hall–Kier alpha value is -1.01. The summed E-state index contributed by atoms with van der Waals surface area (Å²) in [5.41, 5.74) is 1.05. The van der Waals surface area contributed by atoms with E-state index in [1.807, 2.05) is 31.2 Å². The maximum Gasteiger partial charge on any atom is 0.0671 e. The molecule has 0 aromatic heterocycles. The van der Waals surface area contributed by atoms with E-state index in [2.05, 4.69) is 27.3 Å². The first-order valence-electron chi connectivity index (χ1n) is 4.11. The van der Waals surface area contributed by atoms with Gasteiger partial charge in [0, 0.05) is 16.7 Å². The normalized spacial score (nSPS) is 11.8. The molecule has 0 amide bonds. The number of hydrogen-bond donors (Lipinski definition) is 1. The zero-order valence-corrected chi connectivity index (χ0v) is 9.01. The molecule has 0 spiro atoms. The zero-order chi connectivity index (χ0) is 9.68. The Morgan fingerprint density at radius 1 is 1.46 bits per heavy atom. The number of nitrogens with zero attached hydrogens (tertiary/aromatic N) is 1. The van der Waals surface area contributed by atoms with Crippen molar-refractivity contribution in [2.24, 2.45) is 5.92 Å². The Balaban J connectivity index is 2.47. The van der Waals surface area contributed by atoms with Crippen LogP contribution in [0.25, 0.3) is 0 Å². The van der Waals surface area contributed by atoms with Gasteiger partial charge >= 0.3 is 0 Å². The van der Waals surface area contributed by atoms with Gasteiger partial charge in [-0.3, -0.25) is 0 Å². The summed E-state index contributed by atoms with van der Waals surface area (Å²) in [7, 11) is 0. The van der Waals surface area contributed by atoms with E-state index in [1.165, 1.54) is 0 Å². The molecule has 1 N–H and O–H groups in total. The standard InChI is InChI=1S/C10H11BrN2/c1-8(6-12)7-13-10-4-2-9(11)3-5-10/h2-5,8,13H,7H2,1H3. The van der Waals surface area contributed by atoms with Gasteiger partial charge in [0.2, 0.25) is 0 Å². The number of hydrogen-bond acceptors (Lipinski definition) is 2. The fourth-order valence-corrected chi connectivity index (χ4v) is 1.15. The second kappa shape index (κ2) is 4.88. The summed E-state index contributed by atoms with van der Waals surface area (Å²) in [5.74, 6) is 0.0450. The van der Waals surface area contributed by atoms with Gasteiger partial charge in [-0.25, -0.2) is 0 Å². The van der Waals surface area contributed by atoms with Crippen LogP contribution in [0, 0.1) is 17.2 Å². The number of nitrogens with one attached hydrogen (secondary N) is 1. The second-order valence-corrected chi connectivity index (χ2v) is 3.83. The molecule has 0 heterocycles. The highest BCUT2D eigenvalue weighted by Crippen LogP contribution is 2.14. The van der Waals surface area contributed by atoms with Gasteiger partial charge in [0.25, 0.3) is 0 Å². The minimum Gasteiger partial charge on any atom is -0.384 e. The summed E-state index contributed by atoms with van der Waals surface area (Å²) < 4.78 is 1.06. The molecular formula is C10H11BrN2. The molecule has 1 unspecified atom stereocenters. The molecule has 0 bridgehead atoms. The smallest absolute Gasteiger partial charge is 0.0671 e. The third-order valence-electron chi connectivity index (χ3n) is 1.68. The van der Waals surface area contributed by atoms with E-state index in [0.29, 0.717) is 6.54 Å². The first kappa shape index (κ1) is 10.1. The van der Waals surface area contributed by atoms with Crippen LogP contribution in [0.1, 0.15) is 6.92 Å². The lowest BCUT2D eigenvalue weighted by Crippen LogP contribution is -2.08. The average Bonchev–Trinajstić information content (AvgIpc) is 2.16. The van der Waals surface area contributed by atoms with E-state index < -0.39 is 0 Å². The molecule has 68 valence electrons. The third-order valence-corrected chi connectivity index (χ3v) is 2.21. The summed E-state index contributed by atoms with van der Waals surface area (Å²) >= 11 is 3.36. The summed E-state index contributed by atoms with van der Waals surface area (Å²) in [6, 6.07) is 10.1. The van der Waals surface area contributed by atoms with Crippen molar-refractivity contribution >= 4 is 21.6 Å². The van der Waals surface area contributed by atoms with E-state index in [0.717, 1.165) is 10.2 Å². The highest BCUT2D eigenvalue weighted by Gasteiger charge is 1.98. The van der Waals surface area contributed by atoms with Crippen LogP contribution in [0.4, 0.5) is 5.69 Å². The summed E-state index contributed by atoms with van der Waals surface area (Å²) in [6.45, 7) is 2.59. The molecule has 1 rings (SSSR count). The van der Waals surface area contributed by atoms with Gasteiger partial charge in [0.1, 0.15) is 0 Å². The molecule has 3 heteroatoms. The largest absolute Gasteiger partial charge is 0.384 e. The van der Waals surface area contributed by atoms with Crippen molar-refractivity contribution in [1.29, 1.82) is 5.26 Å². The molecule has 1 aromatic rings. The first-order valence-corrected chi connectivity index (χ1v) is 4.90. The average molecular weight is 239 g/mol. The molecule has 0 radical (unpaired) electrons. The molecule has 2 nitrogen and oxygen atoms in total. The summed E-state index contributed by atoms with van der Waals surface area (Å²) in [4.78, 5) is 0. The third kappa shape index (κ3) is 3.47. The topological polar surface area (TPSA) is 35.8 Å². The van der Waals surface area contributed by atoms with Gasteiger partial charge in [-0.05, 0) is 31.2 Å². The molecule has 0 saturated carbocycles. The molecule has 1 atom stereocenters. The van der Waals surface area contributed by atoms with Crippen molar-refractivity contribution in [1.82, 2.24) is 0 Å². The van der Waals surface area contributed by atoms with Crippen molar-refractivity contribution in [2.45, 2.75) is 6.92 Å². The quantitative estimate of drug-likeness (QED) is 0.879. The molecular weight excluding hydrogens is 228 g/mol. The van der Waals surface area contributed by atoms with Crippen LogP contribution >= 0.6 is 15.9 Å². The van der Waals surface area contributed by atoms with Gasteiger partial charge in [-0.1, -0.05) is 15.9 Å². The fraction of sp³-hybridized carbons (Fsp3) is 0.300. The van der Waals surface area contributed by atoms with Crippen molar-refractivity contribution in [2.75, 3.05) is 11.9 Å². The highest BCUT2D eigenvalue weighted by molar-refractivity contribution is 9.10. The summed E-state index contributed by atoms with van der Waals surface area (Å²) in [6.07, 6.45) is 0. The van der Waals surface area contributed by atoms with Crippen molar-refractivity contribution < 1.29 is 0 Å². The number of rotatable bonds is 3. The Morgan fingerprint density at radius 2 is 2.08 bits per heavy atom. The predicted molar refractivity (Wildman–Crippen MR) is 57.4 cm³/mol. The van der Waals surface area contributed by atoms with Crippen molar-refractivity contribution in [3.05, 3.63) is 28.7 Å². The van der Waals surface area contributed by atoms with Crippen molar-refractivity contribution in [3.8, 4) is 6.07 Å². The molecule has 1 aromatic carbocycles. The molecule has 0 aliphatic carbocycles. The van der Waals surface area contributed by atoms with Crippen LogP contribution in [-0.4, -0.2) is 6.54 Å². The maximum atomic E-state index is 8.56. The number of anilines is 1. The summed E-state index contributed by atoms with van der Waals surface area (Å²) in [5, 5.41) is 11.7. The maximum absolute atomic E-state index is 8.56.